The summed E-state index contributed by atoms with van der Waals surface area (Å²) in [6.07, 6.45) is 3.81. The molecular weight excluding hydrogens is 254 g/mol. The van der Waals surface area contributed by atoms with Crippen molar-refractivity contribution in [2.24, 2.45) is 0 Å². The molecule has 2 heterocycles. The van der Waals surface area contributed by atoms with Crippen LogP contribution in [0.1, 0.15) is 4.88 Å². The minimum absolute atomic E-state index is 0.735. The van der Waals surface area contributed by atoms with Crippen LogP contribution >= 0.6 is 23.1 Å². The van der Waals surface area contributed by atoms with E-state index in [4.69, 9.17) is 0 Å². The molecule has 2 N–H and O–H groups in total. The van der Waals surface area contributed by atoms with Crippen molar-refractivity contribution in [1.82, 2.24) is 15.0 Å². The molecule has 0 unspecified atom stereocenters. The molecule has 2 aromatic rings. The molecule has 0 bridgehead atoms. The second-order valence-electron chi connectivity index (χ2n) is 3.20. The van der Waals surface area contributed by atoms with E-state index in [1.54, 1.807) is 11.3 Å². The monoisotopic (exact) mass is 267 g/mol. The van der Waals surface area contributed by atoms with Crippen LogP contribution in [-0.2, 0) is 6.54 Å². The predicted molar refractivity (Wildman–Crippen MR) is 72.8 cm³/mol. The zero-order chi connectivity index (χ0) is 12.1. The van der Waals surface area contributed by atoms with Crippen molar-refractivity contribution >= 4 is 34.7 Å². The van der Waals surface area contributed by atoms with Gasteiger partial charge in [-0.2, -0.15) is 0 Å². The summed E-state index contributed by atoms with van der Waals surface area (Å²) in [6, 6.07) is 1.89. The summed E-state index contributed by atoms with van der Waals surface area (Å²) in [5, 5.41) is 7.04. The molecule has 7 heteroatoms. The summed E-state index contributed by atoms with van der Waals surface area (Å²) in [6.45, 7) is 0.735. The lowest BCUT2D eigenvalue weighted by Crippen LogP contribution is -2.03. The highest BCUT2D eigenvalue weighted by atomic mass is 32.2. The highest BCUT2D eigenvalue weighted by molar-refractivity contribution is 7.98. The van der Waals surface area contributed by atoms with Gasteiger partial charge in [-0.3, -0.25) is 4.98 Å². The van der Waals surface area contributed by atoms with Crippen LogP contribution in [0.3, 0.4) is 0 Å². The smallest absolute Gasteiger partial charge is 0.191 e. The predicted octanol–water partition coefficient (Wildman–Crippen LogP) is 2.31. The number of rotatable bonds is 5. The number of hydrogen-bond donors (Lipinski definition) is 2. The molecule has 0 spiro atoms. The van der Waals surface area contributed by atoms with Crippen LogP contribution in [0.15, 0.2) is 22.9 Å². The molecule has 0 saturated carbocycles. The Hall–Kier alpha value is -1.34. The van der Waals surface area contributed by atoms with Crippen LogP contribution in [0.2, 0.25) is 0 Å². The Morgan fingerprint density at radius 3 is 2.82 bits per heavy atom. The van der Waals surface area contributed by atoms with Crippen molar-refractivity contribution in [1.29, 1.82) is 0 Å². The summed E-state index contributed by atoms with van der Waals surface area (Å²) in [4.78, 5) is 13.9. The summed E-state index contributed by atoms with van der Waals surface area (Å²) in [5.74, 6) is 1.64. The van der Waals surface area contributed by atoms with Crippen LogP contribution in [0, 0.1) is 0 Å². The van der Waals surface area contributed by atoms with E-state index in [-0.39, 0.29) is 0 Å². The van der Waals surface area contributed by atoms with E-state index < -0.39 is 0 Å². The third-order valence-corrected chi connectivity index (χ3v) is 3.40. The van der Waals surface area contributed by atoms with Crippen molar-refractivity contribution in [2.45, 2.75) is 11.7 Å². The first kappa shape index (κ1) is 12.1. The van der Waals surface area contributed by atoms with Gasteiger partial charge in [-0.1, -0.05) is 11.8 Å². The quantitative estimate of drug-likeness (QED) is 0.640. The average Bonchev–Trinajstić information content (AvgIpc) is 2.89. The van der Waals surface area contributed by atoms with Gasteiger partial charge in [0.15, 0.2) is 5.16 Å². The number of anilines is 2. The van der Waals surface area contributed by atoms with Gasteiger partial charge >= 0.3 is 0 Å². The van der Waals surface area contributed by atoms with Crippen molar-refractivity contribution in [3.05, 3.63) is 22.7 Å². The molecular formula is C10H13N5S2. The van der Waals surface area contributed by atoms with E-state index in [0.29, 0.717) is 0 Å². The van der Waals surface area contributed by atoms with Gasteiger partial charge in [0.05, 0.1) is 12.1 Å². The molecule has 0 amide bonds. The molecule has 0 aliphatic carbocycles. The molecule has 0 fully saturated rings. The third kappa shape index (κ3) is 3.31. The normalized spacial score (nSPS) is 10.2. The molecule has 0 aliphatic heterocycles. The van der Waals surface area contributed by atoms with Crippen LogP contribution in [0.25, 0.3) is 0 Å². The molecule has 90 valence electrons. The maximum atomic E-state index is 4.38. The lowest BCUT2D eigenvalue weighted by molar-refractivity contribution is 0.960. The second-order valence-corrected chi connectivity index (χ2v) is 4.94. The average molecular weight is 267 g/mol. The number of thiazole rings is 1. The highest BCUT2D eigenvalue weighted by Crippen LogP contribution is 2.17. The van der Waals surface area contributed by atoms with Crippen molar-refractivity contribution in [2.75, 3.05) is 23.9 Å². The van der Waals surface area contributed by atoms with Crippen molar-refractivity contribution in [3.63, 3.8) is 0 Å². The molecule has 0 aliphatic rings. The van der Waals surface area contributed by atoms with Gasteiger partial charge in [-0.05, 0) is 6.26 Å². The first-order valence-corrected chi connectivity index (χ1v) is 7.14. The third-order valence-electron chi connectivity index (χ3n) is 2.07. The van der Waals surface area contributed by atoms with Crippen molar-refractivity contribution in [3.8, 4) is 0 Å². The minimum atomic E-state index is 0.735. The topological polar surface area (TPSA) is 62.7 Å². The first-order chi connectivity index (χ1) is 8.31. The second kappa shape index (κ2) is 5.83. The Morgan fingerprint density at radius 1 is 1.35 bits per heavy atom. The van der Waals surface area contributed by atoms with Gasteiger partial charge in [0, 0.05) is 24.2 Å². The van der Waals surface area contributed by atoms with E-state index in [0.717, 1.165) is 23.3 Å². The van der Waals surface area contributed by atoms with Crippen molar-refractivity contribution < 1.29 is 0 Å². The van der Waals surface area contributed by atoms with E-state index in [2.05, 4.69) is 25.6 Å². The maximum absolute atomic E-state index is 4.38. The molecule has 2 aromatic heterocycles. The Morgan fingerprint density at radius 2 is 2.18 bits per heavy atom. The number of nitrogens with one attached hydrogen (secondary N) is 2. The SMILES string of the molecule is CNc1cc(NCc2cncs2)nc(SC)n1. The number of nitrogens with zero attached hydrogens (tertiary/aromatic N) is 3. The van der Waals surface area contributed by atoms with E-state index in [1.807, 2.05) is 31.1 Å². The standard InChI is InChI=1S/C10H13N5S2/c1-11-8-3-9(15-10(14-8)16-2)13-5-7-4-12-6-17-7/h3-4,6H,5H2,1-2H3,(H2,11,13,14,15). The summed E-state index contributed by atoms with van der Waals surface area (Å²) in [7, 11) is 1.85. The lowest BCUT2D eigenvalue weighted by atomic mass is 10.5. The largest absolute Gasteiger partial charge is 0.373 e. The maximum Gasteiger partial charge on any atom is 0.191 e. The van der Waals surface area contributed by atoms with Crippen LogP contribution in [-0.4, -0.2) is 28.3 Å². The molecule has 17 heavy (non-hydrogen) atoms. The molecule has 0 saturated heterocycles. The Balaban J connectivity index is 2.09. The summed E-state index contributed by atoms with van der Waals surface area (Å²) >= 11 is 3.15. The number of hydrogen-bond acceptors (Lipinski definition) is 7. The fourth-order valence-corrected chi connectivity index (χ4v) is 2.16. The number of aromatic nitrogens is 3. The van der Waals surface area contributed by atoms with Gasteiger partial charge in [0.1, 0.15) is 11.6 Å². The van der Waals surface area contributed by atoms with Gasteiger partial charge in [-0.15, -0.1) is 11.3 Å². The minimum Gasteiger partial charge on any atom is -0.373 e. The molecule has 2 rings (SSSR count). The lowest BCUT2D eigenvalue weighted by Gasteiger charge is -2.07. The zero-order valence-corrected chi connectivity index (χ0v) is 11.2. The zero-order valence-electron chi connectivity index (χ0n) is 9.60. The molecule has 0 radical (unpaired) electrons. The van der Waals surface area contributed by atoms with E-state index in [1.165, 1.54) is 16.6 Å². The first-order valence-electron chi connectivity index (χ1n) is 5.04. The summed E-state index contributed by atoms with van der Waals surface area (Å²) < 4.78 is 0. The van der Waals surface area contributed by atoms with E-state index in [9.17, 15) is 0 Å². The van der Waals surface area contributed by atoms with E-state index >= 15 is 0 Å². The Labute approximate surface area is 108 Å². The fraction of sp³-hybridized carbons (Fsp3) is 0.300. The van der Waals surface area contributed by atoms with Crippen LogP contribution in [0.5, 0.6) is 0 Å². The van der Waals surface area contributed by atoms with Gasteiger partial charge in [-0.25, -0.2) is 9.97 Å². The fourth-order valence-electron chi connectivity index (χ4n) is 1.24. The number of thioether (sulfide) groups is 1. The molecule has 0 atom stereocenters. The van der Waals surface area contributed by atoms with Crippen LogP contribution in [0.4, 0.5) is 11.6 Å². The van der Waals surface area contributed by atoms with Gasteiger partial charge < -0.3 is 10.6 Å². The Bertz CT molecular complexity index is 449. The van der Waals surface area contributed by atoms with Gasteiger partial charge in [0.2, 0.25) is 0 Å². The highest BCUT2D eigenvalue weighted by Gasteiger charge is 2.03. The van der Waals surface area contributed by atoms with Crippen LogP contribution < -0.4 is 10.6 Å². The molecule has 5 nitrogen and oxygen atoms in total. The summed E-state index contributed by atoms with van der Waals surface area (Å²) in [5.41, 5.74) is 1.82. The Kier molecular flexibility index (Phi) is 4.16. The van der Waals surface area contributed by atoms with Gasteiger partial charge in [0.25, 0.3) is 0 Å². The molecule has 0 aromatic carbocycles.